The van der Waals surface area contributed by atoms with Crippen LogP contribution >= 0.6 is 15.9 Å². The Labute approximate surface area is 86.6 Å². The van der Waals surface area contributed by atoms with E-state index in [9.17, 15) is 4.79 Å². The van der Waals surface area contributed by atoms with Crippen molar-refractivity contribution in [3.63, 3.8) is 0 Å². The van der Waals surface area contributed by atoms with E-state index in [-0.39, 0.29) is 5.78 Å². The van der Waals surface area contributed by atoms with Gasteiger partial charge in [-0.2, -0.15) is 0 Å². The number of rotatable bonds is 3. The lowest BCUT2D eigenvalue weighted by atomic mass is 10.1. The SMILES string of the molecule is C=C(C)c1ccc(C(=O)CBr)cc1. The summed E-state index contributed by atoms with van der Waals surface area (Å²) in [5.41, 5.74) is 2.82. The smallest absolute Gasteiger partial charge is 0.173 e. The first-order valence-corrected chi connectivity index (χ1v) is 5.12. The summed E-state index contributed by atoms with van der Waals surface area (Å²) in [6, 6.07) is 7.48. The third kappa shape index (κ3) is 2.52. The summed E-state index contributed by atoms with van der Waals surface area (Å²) in [5, 5.41) is 0.374. The van der Waals surface area contributed by atoms with Gasteiger partial charge in [0.1, 0.15) is 0 Å². The largest absolute Gasteiger partial charge is 0.293 e. The fraction of sp³-hybridized carbons (Fsp3) is 0.182. The Morgan fingerprint density at radius 3 is 2.15 bits per heavy atom. The van der Waals surface area contributed by atoms with Crippen molar-refractivity contribution >= 4 is 27.3 Å². The molecule has 0 spiro atoms. The fourth-order valence-electron chi connectivity index (χ4n) is 1.02. The number of carbonyl (C=O) groups excluding carboxylic acids is 1. The molecule has 0 saturated heterocycles. The van der Waals surface area contributed by atoms with Gasteiger partial charge in [0, 0.05) is 5.56 Å². The highest BCUT2D eigenvalue weighted by molar-refractivity contribution is 9.09. The van der Waals surface area contributed by atoms with Crippen molar-refractivity contribution in [3.8, 4) is 0 Å². The van der Waals surface area contributed by atoms with E-state index < -0.39 is 0 Å². The molecule has 1 aromatic rings. The summed E-state index contributed by atoms with van der Waals surface area (Å²) in [6.45, 7) is 5.77. The zero-order chi connectivity index (χ0) is 9.84. The molecule has 1 aromatic carbocycles. The molecule has 0 heterocycles. The van der Waals surface area contributed by atoms with Gasteiger partial charge in [0.2, 0.25) is 0 Å². The number of allylic oxidation sites excluding steroid dienone is 1. The second-order valence-corrected chi connectivity index (χ2v) is 3.48. The van der Waals surface area contributed by atoms with E-state index in [2.05, 4.69) is 22.5 Å². The molecule has 0 fully saturated rings. The number of ketones is 1. The average Bonchev–Trinajstić information content (AvgIpc) is 2.17. The number of carbonyl (C=O) groups is 1. The van der Waals surface area contributed by atoms with Crippen molar-refractivity contribution in [1.82, 2.24) is 0 Å². The second kappa shape index (κ2) is 4.38. The lowest BCUT2D eigenvalue weighted by molar-refractivity contribution is 0.102. The van der Waals surface area contributed by atoms with Crippen molar-refractivity contribution in [3.05, 3.63) is 42.0 Å². The Kier molecular flexibility index (Phi) is 3.43. The quantitative estimate of drug-likeness (QED) is 0.584. The predicted octanol–water partition coefficient (Wildman–Crippen LogP) is 3.30. The monoisotopic (exact) mass is 238 g/mol. The molecule has 0 aromatic heterocycles. The van der Waals surface area contributed by atoms with Crippen LogP contribution < -0.4 is 0 Å². The number of hydrogen-bond acceptors (Lipinski definition) is 1. The zero-order valence-corrected chi connectivity index (χ0v) is 9.10. The van der Waals surface area contributed by atoms with Crippen molar-refractivity contribution in [2.45, 2.75) is 6.92 Å². The molecule has 1 rings (SSSR count). The summed E-state index contributed by atoms with van der Waals surface area (Å²) in [4.78, 5) is 11.2. The Morgan fingerprint density at radius 1 is 1.31 bits per heavy atom. The van der Waals surface area contributed by atoms with E-state index in [1.807, 2.05) is 31.2 Å². The summed E-state index contributed by atoms with van der Waals surface area (Å²) in [5.74, 6) is 0.105. The van der Waals surface area contributed by atoms with E-state index in [1.165, 1.54) is 0 Å². The Hall–Kier alpha value is -0.890. The van der Waals surface area contributed by atoms with Crippen molar-refractivity contribution in [2.75, 3.05) is 5.33 Å². The maximum absolute atomic E-state index is 11.2. The van der Waals surface area contributed by atoms with Crippen molar-refractivity contribution < 1.29 is 4.79 Å². The number of halogens is 1. The van der Waals surface area contributed by atoms with Crippen LogP contribution in [0.4, 0.5) is 0 Å². The highest BCUT2D eigenvalue weighted by Gasteiger charge is 2.02. The fourth-order valence-corrected chi connectivity index (χ4v) is 1.34. The predicted molar refractivity (Wildman–Crippen MR) is 59.3 cm³/mol. The Morgan fingerprint density at radius 2 is 1.77 bits per heavy atom. The molecule has 2 heteroatoms. The first kappa shape index (κ1) is 10.2. The number of hydrogen-bond donors (Lipinski definition) is 0. The van der Waals surface area contributed by atoms with Crippen LogP contribution in [0.25, 0.3) is 5.57 Å². The van der Waals surface area contributed by atoms with Gasteiger partial charge < -0.3 is 0 Å². The van der Waals surface area contributed by atoms with Crippen LogP contribution in [0.15, 0.2) is 30.8 Å². The zero-order valence-electron chi connectivity index (χ0n) is 7.51. The Balaban J connectivity index is 2.93. The Bertz CT molecular complexity index is 324. The molecule has 0 amide bonds. The maximum Gasteiger partial charge on any atom is 0.173 e. The van der Waals surface area contributed by atoms with Crippen LogP contribution in [0, 0.1) is 0 Å². The third-order valence-corrected chi connectivity index (χ3v) is 2.33. The molecular formula is C11H11BrO. The minimum Gasteiger partial charge on any atom is -0.293 e. The van der Waals surface area contributed by atoms with E-state index >= 15 is 0 Å². The van der Waals surface area contributed by atoms with Crippen LogP contribution in [-0.4, -0.2) is 11.1 Å². The van der Waals surface area contributed by atoms with Crippen LogP contribution in [0.1, 0.15) is 22.8 Å². The van der Waals surface area contributed by atoms with Crippen molar-refractivity contribution in [2.24, 2.45) is 0 Å². The minimum absolute atomic E-state index is 0.105. The topological polar surface area (TPSA) is 17.1 Å². The molecule has 0 aliphatic rings. The normalized spacial score (nSPS) is 9.69. The number of alkyl halides is 1. The molecule has 13 heavy (non-hydrogen) atoms. The average molecular weight is 239 g/mol. The first-order chi connectivity index (χ1) is 6.15. The van der Waals surface area contributed by atoms with Crippen molar-refractivity contribution in [1.29, 1.82) is 0 Å². The van der Waals surface area contributed by atoms with Gasteiger partial charge in [-0.1, -0.05) is 52.3 Å². The number of Topliss-reactive ketones (excluding diaryl/α,β-unsaturated/α-hetero) is 1. The van der Waals surface area contributed by atoms with Crippen LogP contribution in [0.2, 0.25) is 0 Å². The van der Waals surface area contributed by atoms with E-state index in [0.29, 0.717) is 5.33 Å². The lowest BCUT2D eigenvalue weighted by Gasteiger charge is -2.00. The van der Waals surface area contributed by atoms with Crippen LogP contribution in [0.5, 0.6) is 0 Å². The molecule has 1 nitrogen and oxygen atoms in total. The minimum atomic E-state index is 0.105. The standard InChI is InChI=1S/C11H11BrO/c1-8(2)9-3-5-10(6-4-9)11(13)7-12/h3-6H,1,7H2,2H3. The lowest BCUT2D eigenvalue weighted by Crippen LogP contribution is -1.99. The molecule has 0 aliphatic heterocycles. The maximum atomic E-state index is 11.2. The summed E-state index contributed by atoms with van der Waals surface area (Å²) < 4.78 is 0. The van der Waals surface area contributed by atoms with Gasteiger partial charge in [-0.25, -0.2) is 0 Å². The summed E-state index contributed by atoms with van der Waals surface area (Å²) in [6.07, 6.45) is 0. The van der Waals surface area contributed by atoms with Gasteiger partial charge in [0.15, 0.2) is 5.78 Å². The van der Waals surface area contributed by atoms with E-state index in [4.69, 9.17) is 0 Å². The summed E-state index contributed by atoms with van der Waals surface area (Å²) in [7, 11) is 0. The first-order valence-electron chi connectivity index (χ1n) is 4.00. The van der Waals surface area contributed by atoms with Crippen LogP contribution in [0.3, 0.4) is 0 Å². The molecule has 0 bridgehead atoms. The van der Waals surface area contributed by atoms with Gasteiger partial charge in [-0.3, -0.25) is 4.79 Å². The highest BCUT2D eigenvalue weighted by Crippen LogP contribution is 2.12. The molecule has 0 N–H and O–H groups in total. The molecule has 0 aliphatic carbocycles. The van der Waals surface area contributed by atoms with Gasteiger partial charge in [-0.15, -0.1) is 0 Å². The van der Waals surface area contributed by atoms with Gasteiger partial charge >= 0.3 is 0 Å². The molecular weight excluding hydrogens is 228 g/mol. The molecule has 0 unspecified atom stereocenters. The molecule has 0 radical (unpaired) electrons. The molecule has 0 saturated carbocycles. The van der Waals surface area contributed by atoms with Gasteiger partial charge in [0.05, 0.1) is 5.33 Å². The van der Waals surface area contributed by atoms with Crippen LogP contribution in [-0.2, 0) is 0 Å². The molecule has 0 atom stereocenters. The van der Waals surface area contributed by atoms with E-state index in [1.54, 1.807) is 0 Å². The van der Waals surface area contributed by atoms with Gasteiger partial charge in [0.25, 0.3) is 0 Å². The van der Waals surface area contributed by atoms with E-state index in [0.717, 1.165) is 16.7 Å². The second-order valence-electron chi connectivity index (χ2n) is 2.91. The molecule has 68 valence electrons. The van der Waals surface area contributed by atoms with Gasteiger partial charge in [-0.05, 0) is 12.5 Å². The number of benzene rings is 1. The highest BCUT2D eigenvalue weighted by atomic mass is 79.9. The third-order valence-electron chi connectivity index (χ3n) is 1.82. The summed E-state index contributed by atoms with van der Waals surface area (Å²) >= 11 is 3.13.